The predicted molar refractivity (Wildman–Crippen MR) is 105 cm³/mol. The quantitative estimate of drug-likeness (QED) is 0.297. The van der Waals surface area contributed by atoms with Crippen molar-refractivity contribution in [2.75, 3.05) is 6.61 Å². The Bertz CT molecular complexity index is 1020. The van der Waals surface area contributed by atoms with E-state index < -0.39 is 11.8 Å². The zero-order chi connectivity index (χ0) is 19.4. The summed E-state index contributed by atoms with van der Waals surface area (Å²) in [4.78, 5) is 23.4. The van der Waals surface area contributed by atoms with Gasteiger partial charge in [-0.05, 0) is 30.7 Å². The first-order chi connectivity index (χ1) is 13.0. The number of hydrogen-bond donors (Lipinski definition) is 1. The van der Waals surface area contributed by atoms with E-state index in [1.54, 1.807) is 25.3 Å². The van der Waals surface area contributed by atoms with Crippen LogP contribution in [0.15, 0.2) is 60.8 Å². The third-order valence-corrected chi connectivity index (χ3v) is 4.29. The first kappa shape index (κ1) is 18.7. The number of ketones is 1. The van der Waals surface area contributed by atoms with Gasteiger partial charge >= 0.3 is 5.97 Å². The molecule has 1 N–H and O–H groups in total. The lowest BCUT2D eigenvalue weighted by molar-refractivity contribution is -0.151. The molecule has 0 saturated carbocycles. The molecule has 0 saturated heterocycles. The molecule has 5 nitrogen and oxygen atoms in total. The highest BCUT2D eigenvalue weighted by Gasteiger charge is 2.17. The summed E-state index contributed by atoms with van der Waals surface area (Å²) < 4.78 is 6.61. The number of carbonyl (C=O) groups is 2. The summed E-state index contributed by atoms with van der Waals surface area (Å²) in [5.74, 6) is -2.23. The van der Waals surface area contributed by atoms with E-state index in [4.69, 9.17) is 11.6 Å². The monoisotopic (exact) mass is 383 g/mol. The Morgan fingerprint density at radius 2 is 1.93 bits per heavy atom. The summed E-state index contributed by atoms with van der Waals surface area (Å²) in [6.45, 7) is 2.27. The number of halogens is 1. The number of benzene rings is 2. The van der Waals surface area contributed by atoms with Gasteiger partial charge in [-0.2, -0.15) is 0 Å². The Morgan fingerprint density at radius 3 is 2.63 bits per heavy atom. The van der Waals surface area contributed by atoms with Gasteiger partial charge in [-0.15, -0.1) is 0 Å². The molecular formula is C21H18ClNO4. The smallest absolute Gasteiger partial charge is 0.379 e. The molecule has 0 bridgehead atoms. The van der Waals surface area contributed by atoms with Gasteiger partial charge in [0.2, 0.25) is 0 Å². The Hall–Kier alpha value is -3.05. The van der Waals surface area contributed by atoms with Gasteiger partial charge in [0.25, 0.3) is 5.78 Å². The fraction of sp³-hybridized carbons (Fsp3) is 0.143. The number of carbonyl (C=O) groups excluding carboxylic acids is 2. The molecule has 1 heterocycles. The van der Waals surface area contributed by atoms with Crippen LogP contribution in [-0.4, -0.2) is 28.0 Å². The van der Waals surface area contributed by atoms with Crippen molar-refractivity contribution in [3.05, 3.63) is 77.0 Å². The van der Waals surface area contributed by atoms with Crippen LogP contribution in [0.3, 0.4) is 0 Å². The van der Waals surface area contributed by atoms with Crippen molar-refractivity contribution < 1.29 is 19.4 Å². The highest BCUT2D eigenvalue weighted by molar-refractivity contribution is 6.39. The topological polar surface area (TPSA) is 68.5 Å². The molecule has 6 heteroatoms. The lowest BCUT2D eigenvalue weighted by Gasteiger charge is -2.05. The van der Waals surface area contributed by atoms with Crippen molar-refractivity contribution in [1.29, 1.82) is 0 Å². The lowest BCUT2D eigenvalue weighted by Crippen LogP contribution is -2.15. The number of hydrogen-bond acceptors (Lipinski definition) is 4. The molecule has 0 aliphatic carbocycles. The van der Waals surface area contributed by atoms with Crippen LogP contribution in [0.1, 0.15) is 18.1 Å². The van der Waals surface area contributed by atoms with Gasteiger partial charge in [-0.3, -0.25) is 4.79 Å². The second-order valence-electron chi connectivity index (χ2n) is 5.93. The van der Waals surface area contributed by atoms with Gasteiger partial charge in [0.05, 0.1) is 6.61 Å². The molecule has 0 fully saturated rings. The molecule has 0 aliphatic heterocycles. The van der Waals surface area contributed by atoms with E-state index in [-0.39, 0.29) is 12.4 Å². The minimum atomic E-state index is -1.00. The summed E-state index contributed by atoms with van der Waals surface area (Å²) in [5, 5.41) is 11.6. The molecule has 1 aromatic heterocycles. The third-order valence-electron chi connectivity index (χ3n) is 4.06. The zero-order valence-electron chi connectivity index (χ0n) is 14.7. The van der Waals surface area contributed by atoms with Crippen molar-refractivity contribution in [3.8, 4) is 0 Å². The fourth-order valence-electron chi connectivity index (χ4n) is 2.85. The number of aromatic nitrogens is 1. The van der Waals surface area contributed by atoms with E-state index in [0.717, 1.165) is 17.2 Å². The summed E-state index contributed by atoms with van der Waals surface area (Å²) in [7, 11) is 0. The van der Waals surface area contributed by atoms with Crippen molar-refractivity contribution in [3.63, 3.8) is 0 Å². The highest BCUT2D eigenvalue weighted by Crippen LogP contribution is 2.29. The zero-order valence-corrected chi connectivity index (χ0v) is 15.4. The second kappa shape index (κ2) is 8.10. The molecule has 0 radical (unpaired) electrons. The van der Waals surface area contributed by atoms with Gasteiger partial charge in [-0.1, -0.05) is 41.9 Å². The number of fused-ring (bicyclic) bond motifs is 1. The molecule has 0 amide bonds. The van der Waals surface area contributed by atoms with Gasteiger partial charge in [0.1, 0.15) is 5.76 Å². The summed E-state index contributed by atoms with van der Waals surface area (Å²) in [6, 6.07) is 15.2. The maximum atomic E-state index is 11.9. The molecule has 0 unspecified atom stereocenters. The molecule has 0 aliphatic rings. The van der Waals surface area contributed by atoms with Crippen molar-refractivity contribution >= 4 is 40.0 Å². The van der Waals surface area contributed by atoms with Crippen LogP contribution in [0.4, 0.5) is 0 Å². The molecule has 27 heavy (non-hydrogen) atoms. The van der Waals surface area contributed by atoms with E-state index in [2.05, 4.69) is 4.74 Å². The standard InChI is InChI=1S/C21H18ClNO4/c1-2-27-21(26)20(25)11-19(24)17-13-23(12-14-6-4-3-5-7-14)18-9-8-15(22)10-16(17)18/h3-11,13,24H,2,12H2,1H3/b19-11-. The normalized spacial score (nSPS) is 11.6. The Labute approximate surface area is 161 Å². The van der Waals surface area contributed by atoms with Crippen LogP contribution < -0.4 is 0 Å². The van der Waals surface area contributed by atoms with E-state index in [1.807, 2.05) is 41.0 Å². The van der Waals surface area contributed by atoms with Crippen LogP contribution in [0.25, 0.3) is 16.7 Å². The van der Waals surface area contributed by atoms with E-state index in [1.165, 1.54) is 0 Å². The number of esters is 1. The van der Waals surface area contributed by atoms with Crippen LogP contribution in [0, 0.1) is 0 Å². The summed E-state index contributed by atoms with van der Waals surface area (Å²) >= 11 is 6.11. The average Bonchev–Trinajstić information content (AvgIpc) is 3.00. The molecule has 3 rings (SSSR count). The number of aliphatic hydroxyl groups is 1. The predicted octanol–water partition coefficient (Wildman–Crippen LogP) is 4.37. The highest BCUT2D eigenvalue weighted by atomic mass is 35.5. The van der Waals surface area contributed by atoms with E-state index >= 15 is 0 Å². The number of ether oxygens (including phenoxy) is 1. The molecule has 3 aromatic rings. The first-order valence-electron chi connectivity index (χ1n) is 8.44. The third kappa shape index (κ3) is 4.20. The van der Waals surface area contributed by atoms with Gasteiger partial charge < -0.3 is 14.4 Å². The summed E-state index contributed by atoms with van der Waals surface area (Å²) in [6.07, 6.45) is 2.61. The minimum absolute atomic E-state index is 0.0885. The van der Waals surface area contributed by atoms with E-state index in [0.29, 0.717) is 22.5 Å². The van der Waals surface area contributed by atoms with Crippen molar-refractivity contribution in [2.24, 2.45) is 0 Å². The second-order valence-corrected chi connectivity index (χ2v) is 6.37. The maximum absolute atomic E-state index is 11.9. The summed E-state index contributed by atoms with van der Waals surface area (Å²) in [5.41, 5.74) is 2.35. The van der Waals surface area contributed by atoms with Gasteiger partial charge in [-0.25, -0.2) is 4.79 Å². The van der Waals surface area contributed by atoms with Crippen molar-refractivity contribution in [2.45, 2.75) is 13.5 Å². The fourth-order valence-corrected chi connectivity index (χ4v) is 3.02. The average molecular weight is 384 g/mol. The van der Waals surface area contributed by atoms with Crippen LogP contribution in [-0.2, 0) is 20.9 Å². The number of nitrogens with zero attached hydrogens (tertiary/aromatic N) is 1. The Morgan fingerprint density at radius 1 is 1.19 bits per heavy atom. The van der Waals surface area contributed by atoms with Gasteiger partial charge in [0, 0.05) is 40.3 Å². The maximum Gasteiger partial charge on any atom is 0.379 e. The SMILES string of the molecule is CCOC(=O)C(=O)/C=C(\O)c1cn(Cc2ccccc2)c2ccc(Cl)cc12. The van der Waals surface area contributed by atoms with Crippen LogP contribution in [0.5, 0.6) is 0 Å². The molecule has 0 spiro atoms. The van der Waals surface area contributed by atoms with Crippen LogP contribution in [0.2, 0.25) is 5.02 Å². The molecular weight excluding hydrogens is 366 g/mol. The first-order valence-corrected chi connectivity index (χ1v) is 8.82. The Kier molecular flexibility index (Phi) is 5.62. The lowest BCUT2D eigenvalue weighted by atomic mass is 10.1. The van der Waals surface area contributed by atoms with E-state index in [9.17, 15) is 14.7 Å². The van der Waals surface area contributed by atoms with Crippen molar-refractivity contribution in [1.82, 2.24) is 4.57 Å². The molecule has 138 valence electrons. The largest absolute Gasteiger partial charge is 0.507 e. The minimum Gasteiger partial charge on any atom is -0.507 e. The number of rotatable bonds is 6. The van der Waals surface area contributed by atoms with Gasteiger partial charge in [0.15, 0.2) is 0 Å². The molecule has 0 atom stereocenters. The molecule has 2 aromatic carbocycles. The number of aliphatic hydroxyl groups excluding tert-OH is 1. The van der Waals surface area contributed by atoms with Crippen LogP contribution >= 0.6 is 11.6 Å². The Balaban J connectivity index is 2.03.